The van der Waals surface area contributed by atoms with Gasteiger partial charge >= 0.3 is 12.1 Å². The second-order valence-electron chi connectivity index (χ2n) is 10.1. The highest BCUT2D eigenvalue weighted by Gasteiger charge is 2.42. The van der Waals surface area contributed by atoms with Gasteiger partial charge in [0.15, 0.2) is 0 Å². The lowest BCUT2D eigenvalue weighted by molar-refractivity contribution is -0.138. The van der Waals surface area contributed by atoms with Crippen LogP contribution >= 0.6 is 0 Å². The molecule has 2 aromatic rings. The van der Waals surface area contributed by atoms with Crippen molar-refractivity contribution < 1.29 is 24.2 Å². The van der Waals surface area contributed by atoms with E-state index in [0.29, 0.717) is 19.4 Å². The molecule has 1 saturated carbocycles. The van der Waals surface area contributed by atoms with Gasteiger partial charge in [0.2, 0.25) is 5.91 Å². The molecule has 3 atom stereocenters. The molecule has 3 N–H and O–H groups in total. The van der Waals surface area contributed by atoms with Gasteiger partial charge in [0, 0.05) is 18.9 Å². The fourth-order valence-electron chi connectivity index (χ4n) is 5.54. The highest BCUT2D eigenvalue weighted by molar-refractivity contribution is 5.82. The van der Waals surface area contributed by atoms with Crippen molar-refractivity contribution in [3.63, 3.8) is 0 Å². The van der Waals surface area contributed by atoms with Gasteiger partial charge in [-0.05, 0) is 47.9 Å². The third-order valence-electron chi connectivity index (χ3n) is 7.40. The van der Waals surface area contributed by atoms with E-state index in [4.69, 9.17) is 9.84 Å². The van der Waals surface area contributed by atoms with E-state index >= 15 is 0 Å². The number of carboxylic acids is 1. The number of carboxylic acid groups (broad SMARTS) is 1. The number of alkyl carbamates (subject to hydrolysis) is 1. The number of nitrogens with one attached hydrogen (secondary N) is 2. The van der Waals surface area contributed by atoms with Gasteiger partial charge in [-0.3, -0.25) is 9.59 Å². The summed E-state index contributed by atoms with van der Waals surface area (Å²) >= 11 is 0. The minimum absolute atomic E-state index is 0.000213. The molecular formula is C28H34N2O5. The standard InChI is InChI=1S/C28H34N2O5/c1-18(15-25(31)32)16-29-26(33)24-13-7-8-14-28(24,2)30-27(34)35-17-23-21-11-5-3-9-19(21)20-10-4-6-12-22(20)23/h3-6,9-12,18,23-24H,7-8,13-17H2,1-2H3,(H,29,33)(H,30,34)(H,31,32). The Morgan fingerprint density at radius 3 is 2.31 bits per heavy atom. The average molecular weight is 479 g/mol. The molecule has 0 bridgehead atoms. The first kappa shape index (κ1) is 24.8. The molecule has 7 nitrogen and oxygen atoms in total. The summed E-state index contributed by atoms with van der Waals surface area (Å²) in [6, 6.07) is 16.4. The summed E-state index contributed by atoms with van der Waals surface area (Å²) < 4.78 is 5.73. The van der Waals surface area contributed by atoms with Crippen molar-refractivity contribution in [1.29, 1.82) is 0 Å². The molecule has 0 heterocycles. The average Bonchev–Trinajstić information content (AvgIpc) is 3.14. The molecule has 2 aliphatic carbocycles. The van der Waals surface area contributed by atoms with Crippen LogP contribution in [0.25, 0.3) is 11.1 Å². The van der Waals surface area contributed by atoms with Crippen LogP contribution in [0, 0.1) is 11.8 Å². The third-order valence-corrected chi connectivity index (χ3v) is 7.40. The Labute approximate surface area is 206 Å². The quantitative estimate of drug-likeness (QED) is 0.510. The Morgan fingerprint density at radius 2 is 1.69 bits per heavy atom. The van der Waals surface area contributed by atoms with Crippen molar-refractivity contribution >= 4 is 18.0 Å². The van der Waals surface area contributed by atoms with Crippen molar-refractivity contribution in [2.45, 2.75) is 57.4 Å². The summed E-state index contributed by atoms with van der Waals surface area (Å²) in [4.78, 5) is 36.8. The predicted molar refractivity (Wildman–Crippen MR) is 133 cm³/mol. The largest absolute Gasteiger partial charge is 0.481 e. The second kappa shape index (κ2) is 10.5. The second-order valence-corrected chi connectivity index (χ2v) is 10.1. The Balaban J connectivity index is 1.38. The fourth-order valence-corrected chi connectivity index (χ4v) is 5.54. The minimum Gasteiger partial charge on any atom is -0.481 e. The fraction of sp³-hybridized carbons (Fsp3) is 0.464. The topological polar surface area (TPSA) is 105 Å². The first-order valence-corrected chi connectivity index (χ1v) is 12.4. The van der Waals surface area contributed by atoms with Gasteiger partial charge in [0.05, 0.1) is 11.5 Å². The maximum atomic E-state index is 13.0. The monoisotopic (exact) mass is 478 g/mol. The number of benzene rings is 2. The number of hydrogen-bond acceptors (Lipinski definition) is 4. The lowest BCUT2D eigenvalue weighted by Crippen LogP contribution is -2.57. The number of hydrogen-bond donors (Lipinski definition) is 3. The number of ether oxygens (including phenoxy) is 1. The maximum Gasteiger partial charge on any atom is 0.407 e. The number of rotatable bonds is 8. The molecule has 0 aliphatic heterocycles. The van der Waals surface area contributed by atoms with E-state index in [1.165, 1.54) is 11.1 Å². The van der Waals surface area contributed by atoms with Crippen LogP contribution in [0.3, 0.4) is 0 Å². The van der Waals surface area contributed by atoms with E-state index in [9.17, 15) is 14.4 Å². The highest BCUT2D eigenvalue weighted by atomic mass is 16.5. The van der Waals surface area contributed by atoms with Crippen molar-refractivity contribution in [2.75, 3.05) is 13.2 Å². The molecule has 0 radical (unpaired) electrons. The zero-order chi connectivity index (χ0) is 25.0. The SMILES string of the molecule is CC(CNC(=O)C1CCCCC1(C)NC(=O)OCC1c2ccccc2-c2ccccc21)CC(=O)O. The predicted octanol–water partition coefficient (Wildman–Crippen LogP) is 4.70. The number of carbonyl (C=O) groups excluding carboxylic acids is 2. The molecule has 2 aromatic carbocycles. The lowest BCUT2D eigenvalue weighted by Gasteiger charge is -2.41. The Bertz CT molecular complexity index is 1050. The highest BCUT2D eigenvalue weighted by Crippen LogP contribution is 2.44. The first-order valence-electron chi connectivity index (χ1n) is 12.4. The summed E-state index contributed by atoms with van der Waals surface area (Å²) in [5.74, 6) is -1.62. The minimum atomic E-state index is -0.883. The van der Waals surface area contributed by atoms with Crippen LogP contribution in [-0.2, 0) is 14.3 Å². The van der Waals surface area contributed by atoms with E-state index in [2.05, 4.69) is 34.9 Å². The van der Waals surface area contributed by atoms with Gasteiger partial charge < -0.3 is 20.5 Å². The molecule has 3 unspecified atom stereocenters. The third kappa shape index (κ3) is 5.50. The molecule has 0 saturated heterocycles. The van der Waals surface area contributed by atoms with E-state index < -0.39 is 23.5 Å². The van der Waals surface area contributed by atoms with E-state index in [1.807, 2.05) is 31.2 Å². The molecule has 2 amide bonds. The van der Waals surface area contributed by atoms with Gasteiger partial charge in [-0.25, -0.2) is 4.79 Å². The van der Waals surface area contributed by atoms with Gasteiger partial charge in [-0.15, -0.1) is 0 Å². The van der Waals surface area contributed by atoms with Gasteiger partial charge in [-0.1, -0.05) is 68.3 Å². The van der Waals surface area contributed by atoms with Gasteiger partial charge in [0.1, 0.15) is 6.61 Å². The summed E-state index contributed by atoms with van der Waals surface area (Å²) in [5, 5.41) is 14.8. The molecule has 7 heteroatoms. The van der Waals surface area contributed by atoms with Gasteiger partial charge in [0.25, 0.3) is 0 Å². The number of aliphatic carboxylic acids is 1. The maximum absolute atomic E-state index is 13.0. The van der Waals surface area contributed by atoms with E-state index in [0.717, 1.165) is 24.0 Å². The summed E-state index contributed by atoms with van der Waals surface area (Å²) in [5.41, 5.74) is 3.92. The van der Waals surface area contributed by atoms with Crippen LogP contribution < -0.4 is 10.6 Å². The molecule has 4 rings (SSSR count). The van der Waals surface area contributed by atoms with Crippen molar-refractivity contribution in [3.05, 3.63) is 59.7 Å². The van der Waals surface area contributed by atoms with Crippen molar-refractivity contribution in [1.82, 2.24) is 10.6 Å². The van der Waals surface area contributed by atoms with Crippen LogP contribution in [0.1, 0.15) is 63.0 Å². The van der Waals surface area contributed by atoms with Crippen LogP contribution in [0.5, 0.6) is 0 Å². The summed E-state index contributed by atoms with van der Waals surface area (Å²) in [6.45, 7) is 4.21. The Hall–Kier alpha value is -3.35. The van der Waals surface area contributed by atoms with E-state index in [-0.39, 0.29) is 30.8 Å². The number of amides is 2. The van der Waals surface area contributed by atoms with Crippen LogP contribution in [0.15, 0.2) is 48.5 Å². The Morgan fingerprint density at radius 1 is 1.06 bits per heavy atom. The van der Waals surface area contributed by atoms with Crippen molar-refractivity contribution in [2.24, 2.45) is 11.8 Å². The molecule has 2 aliphatic rings. The zero-order valence-electron chi connectivity index (χ0n) is 20.4. The number of carbonyl (C=O) groups is 3. The van der Waals surface area contributed by atoms with Crippen LogP contribution in [0.2, 0.25) is 0 Å². The van der Waals surface area contributed by atoms with Crippen LogP contribution in [0.4, 0.5) is 4.79 Å². The molecule has 35 heavy (non-hydrogen) atoms. The summed E-state index contributed by atoms with van der Waals surface area (Å²) in [6.07, 6.45) is 2.65. The van der Waals surface area contributed by atoms with Crippen molar-refractivity contribution in [3.8, 4) is 11.1 Å². The molecule has 1 fully saturated rings. The molecular weight excluding hydrogens is 444 g/mol. The number of fused-ring (bicyclic) bond motifs is 3. The first-order chi connectivity index (χ1) is 16.8. The van der Waals surface area contributed by atoms with Gasteiger partial charge in [-0.2, -0.15) is 0 Å². The smallest absolute Gasteiger partial charge is 0.407 e. The molecule has 186 valence electrons. The van der Waals surface area contributed by atoms with E-state index in [1.54, 1.807) is 6.92 Å². The Kier molecular flexibility index (Phi) is 7.43. The van der Waals surface area contributed by atoms with Crippen LogP contribution in [-0.4, -0.2) is 41.8 Å². The lowest BCUT2D eigenvalue weighted by atomic mass is 9.73. The summed E-state index contributed by atoms with van der Waals surface area (Å²) in [7, 11) is 0. The molecule has 0 aromatic heterocycles. The zero-order valence-corrected chi connectivity index (χ0v) is 20.4. The normalized spacial score (nSPS) is 21.9. The molecule has 0 spiro atoms.